The number of fused-ring (bicyclic) bond motifs is 1. The van der Waals surface area contributed by atoms with Gasteiger partial charge in [0, 0.05) is 23.2 Å². The van der Waals surface area contributed by atoms with Gasteiger partial charge >= 0.3 is 0 Å². The number of methoxy groups -OCH3 is 4. The predicted molar refractivity (Wildman–Crippen MR) is 111 cm³/mol. The van der Waals surface area contributed by atoms with Gasteiger partial charge in [0.2, 0.25) is 0 Å². The van der Waals surface area contributed by atoms with Crippen molar-refractivity contribution in [2.24, 2.45) is 0 Å². The van der Waals surface area contributed by atoms with Crippen molar-refractivity contribution < 1.29 is 23.7 Å². The van der Waals surface area contributed by atoms with Crippen LogP contribution in [-0.2, 0) is 0 Å². The molecule has 0 aliphatic carbocycles. The first-order chi connectivity index (χ1) is 14.1. The van der Waals surface area contributed by atoms with Crippen LogP contribution in [0.5, 0.6) is 23.0 Å². The number of aromatic nitrogens is 1. The maximum absolute atomic E-state index is 12.6. The third-order valence-corrected chi connectivity index (χ3v) is 4.35. The molecule has 1 amide bonds. The van der Waals surface area contributed by atoms with Crippen molar-refractivity contribution in [3.05, 3.63) is 59.9 Å². The Labute approximate surface area is 168 Å². The van der Waals surface area contributed by atoms with Gasteiger partial charge in [-0.3, -0.25) is 4.79 Å². The van der Waals surface area contributed by atoms with Gasteiger partial charge in [-0.25, -0.2) is 4.98 Å². The van der Waals surface area contributed by atoms with E-state index in [9.17, 15) is 4.79 Å². The van der Waals surface area contributed by atoms with Crippen LogP contribution in [0.3, 0.4) is 0 Å². The molecule has 150 valence electrons. The SMILES string of the molecule is COc1ccc(OC)c(/C=C/NC(=O)c2cc(OC)c3cccc(OC)c3n2)c1. The molecule has 0 aliphatic rings. The number of nitrogens with one attached hydrogen (secondary N) is 1. The fraction of sp³-hybridized carbons (Fsp3) is 0.182. The van der Waals surface area contributed by atoms with Gasteiger partial charge in [0.25, 0.3) is 5.91 Å². The minimum atomic E-state index is -0.380. The molecule has 3 rings (SSSR count). The molecule has 3 aromatic rings. The van der Waals surface area contributed by atoms with Gasteiger partial charge < -0.3 is 24.3 Å². The summed E-state index contributed by atoms with van der Waals surface area (Å²) < 4.78 is 21.3. The number of benzene rings is 2. The Morgan fingerprint density at radius 1 is 0.897 bits per heavy atom. The second-order valence-corrected chi connectivity index (χ2v) is 5.98. The fourth-order valence-electron chi connectivity index (χ4n) is 2.89. The second-order valence-electron chi connectivity index (χ2n) is 5.98. The lowest BCUT2D eigenvalue weighted by Gasteiger charge is -2.10. The van der Waals surface area contributed by atoms with E-state index in [1.165, 1.54) is 6.20 Å². The summed E-state index contributed by atoms with van der Waals surface area (Å²) >= 11 is 0. The minimum absolute atomic E-state index is 0.209. The highest BCUT2D eigenvalue weighted by atomic mass is 16.5. The molecule has 0 radical (unpaired) electrons. The van der Waals surface area contributed by atoms with Gasteiger partial charge in [-0.15, -0.1) is 0 Å². The molecular formula is C22H22N2O5. The van der Waals surface area contributed by atoms with E-state index in [1.807, 2.05) is 18.2 Å². The molecule has 1 N–H and O–H groups in total. The maximum Gasteiger partial charge on any atom is 0.273 e. The normalized spacial score (nSPS) is 10.8. The molecule has 29 heavy (non-hydrogen) atoms. The Morgan fingerprint density at radius 2 is 1.66 bits per heavy atom. The summed E-state index contributed by atoms with van der Waals surface area (Å²) in [5.41, 5.74) is 1.52. The summed E-state index contributed by atoms with van der Waals surface area (Å²) in [6, 6.07) is 12.5. The summed E-state index contributed by atoms with van der Waals surface area (Å²) in [6.07, 6.45) is 3.25. The quantitative estimate of drug-likeness (QED) is 0.659. The zero-order valence-electron chi connectivity index (χ0n) is 16.7. The number of nitrogens with zero attached hydrogens (tertiary/aromatic N) is 1. The molecule has 0 aliphatic heterocycles. The van der Waals surface area contributed by atoms with Gasteiger partial charge in [0.1, 0.15) is 34.2 Å². The Balaban J connectivity index is 1.88. The number of amides is 1. The van der Waals surface area contributed by atoms with Gasteiger partial charge in [0.15, 0.2) is 0 Å². The standard InChI is InChI=1S/C22H22N2O5/c1-26-15-8-9-18(27-2)14(12-15)10-11-23-22(25)17-13-20(29-4)16-6-5-7-19(28-3)21(16)24-17/h5-13H,1-4H3,(H,23,25)/b11-10+. The summed E-state index contributed by atoms with van der Waals surface area (Å²) in [7, 11) is 6.27. The van der Waals surface area contributed by atoms with Gasteiger partial charge in [-0.2, -0.15) is 0 Å². The Hall–Kier alpha value is -3.74. The largest absolute Gasteiger partial charge is 0.497 e. The number of hydrogen-bond donors (Lipinski definition) is 1. The van der Waals surface area contributed by atoms with Crippen molar-refractivity contribution in [3.8, 4) is 23.0 Å². The highest BCUT2D eigenvalue weighted by Gasteiger charge is 2.14. The molecule has 7 heteroatoms. The van der Waals surface area contributed by atoms with Crippen molar-refractivity contribution >= 4 is 22.9 Å². The summed E-state index contributed by atoms with van der Waals surface area (Å²) in [4.78, 5) is 17.1. The lowest BCUT2D eigenvalue weighted by molar-refractivity contribution is 0.0965. The highest BCUT2D eigenvalue weighted by Crippen LogP contribution is 2.31. The molecule has 7 nitrogen and oxygen atoms in total. The predicted octanol–water partition coefficient (Wildman–Crippen LogP) is 3.67. The Kier molecular flexibility index (Phi) is 6.19. The summed E-state index contributed by atoms with van der Waals surface area (Å²) in [5, 5.41) is 3.48. The van der Waals surface area contributed by atoms with Crippen molar-refractivity contribution in [1.29, 1.82) is 0 Å². The number of hydrogen-bond acceptors (Lipinski definition) is 6. The lowest BCUT2D eigenvalue weighted by Crippen LogP contribution is -2.18. The lowest BCUT2D eigenvalue weighted by atomic mass is 10.1. The van der Waals surface area contributed by atoms with Crippen molar-refractivity contribution in [2.75, 3.05) is 28.4 Å². The number of carbonyl (C=O) groups excluding carboxylic acids is 1. The molecule has 0 saturated heterocycles. The number of carbonyl (C=O) groups is 1. The van der Waals surface area contributed by atoms with Gasteiger partial charge in [-0.1, -0.05) is 6.07 Å². The first-order valence-corrected chi connectivity index (χ1v) is 8.82. The monoisotopic (exact) mass is 394 g/mol. The van der Waals surface area contributed by atoms with E-state index in [0.29, 0.717) is 28.5 Å². The molecule has 0 bridgehead atoms. The number of rotatable bonds is 7. The van der Waals surface area contributed by atoms with E-state index in [1.54, 1.807) is 58.8 Å². The van der Waals surface area contributed by atoms with Crippen LogP contribution < -0.4 is 24.3 Å². The maximum atomic E-state index is 12.6. The van der Waals surface area contributed by atoms with Gasteiger partial charge in [-0.05, 0) is 36.4 Å². The van der Waals surface area contributed by atoms with E-state index >= 15 is 0 Å². The number of ether oxygens (including phenoxy) is 4. The van der Waals surface area contributed by atoms with E-state index in [4.69, 9.17) is 18.9 Å². The molecule has 0 fully saturated rings. The van der Waals surface area contributed by atoms with Crippen LogP contribution in [0.4, 0.5) is 0 Å². The van der Waals surface area contributed by atoms with E-state index in [2.05, 4.69) is 10.3 Å². The van der Waals surface area contributed by atoms with Crippen molar-refractivity contribution in [3.63, 3.8) is 0 Å². The van der Waals surface area contributed by atoms with E-state index < -0.39 is 0 Å². The summed E-state index contributed by atoms with van der Waals surface area (Å²) in [6.45, 7) is 0. The zero-order chi connectivity index (χ0) is 20.8. The average molecular weight is 394 g/mol. The molecule has 1 heterocycles. The van der Waals surface area contributed by atoms with Crippen LogP contribution >= 0.6 is 0 Å². The van der Waals surface area contributed by atoms with Crippen LogP contribution in [-0.4, -0.2) is 39.3 Å². The topological polar surface area (TPSA) is 78.9 Å². The van der Waals surface area contributed by atoms with E-state index in [-0.39, 0.29) is 11.6 Å². The van der Waals surface area contributed by atoms with Crippen LogP contribution in [0, 0.1) is 0 Å². The molecule has 0 unspecified atom stereocenters. The minimum Gasteiger partial charge on any atom is -0.497 e. The van der Waals surface area contributed by atoms with Crippen molar-refractivity contribution in [1.82, 2.24) is 10.3 Å². The zero-order valence-corrected chi connectivity index (χ0v) is 16.7. The Morgan fingerprint density at radius 3 is 2.34 bits per heavy atom. The van der Waals surface area contributed by atoms with Crippen molar-refractivity contribution in [2.45, 2.75) is 0 Å². The third kappa shape index (κ3) is 4.24. The molecule has 0 saturated carbocycles. The van der Waals surface area contributed by atoms with Crippen LogP contribution in [0.2, 0.25) is 0 Å². The van der Waals surface area contributed by atoms with Crippen LogP contribution in [0.15, 0.2) is 48.7 Å². The Bertz CT molecular complexity index is 1060. The second kappa shape index (κ2) is 8.97. The molecule has 2 aromatic carbocycles. The van der Waals surface area contributed by atoms with Crippen LogP contribution in [0.25, 0.3) is 17.0 Å². The first-order valence-electron chi connectivity index (χ1n) is 8.82. The first kappa shape index (κ1) is 20.0. The fourth-order valence-corrected chi connectivity index (χ4v) is 2.89. The third-order valence-electron chi connectivity index (χ3n) is 4.35. The van der Waals surface area contributed by atoms with Crippen LogP contribution in [0.1, 0.15) is 16.1 Å². The molecular weight excluding hydrogens is 372 g/mol. The highest BCUT2D eigenvalue weighted by molar-refractivity contribution is 5.99. The number of pyridine rings is 1. The summed E-state index contributed by atoms with van der Waals surface area (Å²) in [5.74, 6) is 2.06. The molecule has 0 atom stereocenters. The molecule has 0 spiro atoms. The van der Waals surface area contributed by atoms with Gasteiger partial charge in [0.05, 0.1) is 28.4 Å². The smallest absolute Gasteiger partial charge is 0.273 e. The molecule has 1 aromatic heterocycles. The average Bonchev–Trinajstić information content (AvgIpc) is 2.77. The van der Waals surface area contributed by atoms with E-state index in [0.717, 1.165) is 10.9 Å². The number of para-hydroxylation sites is 1.